The Morgan fingerprint density at radius 2 is 0.754 bits per heavy atom. The monoisotopic (exact) mass is 935 g/mol. The number of hydrogen-bond acceptors (Lipinski definition) is 0. The summed E-state index contributed by atoms with van der Waals surface area (Å²) in [5.74, 6) is 0. The van der Waals surface area contributed by atoms with Gasteiger partial charge in [-0.15, -0.1) is 68.1 Å². The second-order valence-corrected chi connectivity index (χ2v) is 24.9. The Balaban J connectivity index is 0.000000294. The summed E-state index contributed by atoms with van der Waals surface area (Å²) in [4.78, 5) is 0. The first-order valence-electron chi connectivity index (χ1n) is 22.8. The first-order valence-corrected chi connectivity index (χ1v) is 29.1. The molecular formula is C58H79Cl2Zr-3. The molecule has 0 aliphatic rings. The zero-order valence-corrected chi connectivity index (χ0v) is 45.3. The molecule has 6 aromatic carbocycles. The van der Waals surface area contributed by atoms with Gasteiger partial charge in [0.25, 0.3) is 0 Å². The number of halogens is 2. The molecule has 61 heavy (non-hydrogen) atoms. The van der Waals surface area contributed by atoms with Crippen molar-refractivity contribution in [3.05, 3.63) is 136 Å². The molecule has 0 N–H and O–H groups in total. The number of fused-ring (bicyclic) bond motifs is 2. The van der Waals surface area contributed by atoms with E-state index in [4.69, 9.17) is 17.0 Å². The molecule has 0 heterocycles. The third kappa shape index (κ3) is 14.3. The third-order valence-electron chi connectivity index (χ3n) is 11.9. The molecule has 3 heteroatoms. The van der Waals surface area contributed by atoms with Gasteiger partial charge in [0, 0.05) is 0 Å². The van der Waals surface area contributed by atoms with Crippen LogP contribution in [0.3, 0.4) is 0 Å². The van der Waals surface area contributed by atoms with E-state index in [2.05, 4.69) is 203 Å². The number of benzene rings is 4. The Kier molecular flexibility index (Phi) is 19.5. The summed E-state index contributed by atoms with van der Waals surface area (Å²) in [7, 11) is 9.87. The van der Waals surface area contributed by atoms with Crippen LogP contribution in [0.5, 0.6) is 0 Å². The van der Waals surface area contributed by atoms with Crippen LogP contribution in [0.25, 0.3) is 43.8 Å². The summed E-state index contributed by atoms with van der Waals surface area (Å²) in [6.45, 7) is 41.8. The van der Waals surface area contributed by atoms with Gasteiger partial charge < -0.3 is 6.92 Å². The van der Waals surface area contributed by atoms with Crippen molar-refractivity contribution in [2.75, 3.05) is 0 Å². The molecule has 0 nitrogen and oxygen atoms in total. The summed E-state index contributed by atoms with van der Waals surface area (Å²) in [6, 6.07) is 33.4. The Morgan fingerprint density at radius 3 is 1.00 bits per heavy atom. The molecule has 332 valence electrons. The molecule has 0 bridgehead atoms. The number of rotatable bonds is 8. The first kappa shape index (κ1) is 52.9. The van der Waals surface area contributed by atoms with Crippen LogP contribution >= 0.6 is 17.0 Å². The molecule has 0 saturated heterocycles. The zero-order chi connectivity index (χ0) is 46.1. The summed E-state index contributed by atoms with van der Waals surface area (Å²) < 4.78 is 0. The summed E-state index contributed by atoms with van der Waals surface area (Å²) >= 11 is -0.826. The quantitative estimate of drug-likeness (QED) is 0.133. The van der Waals surface area contributed by atoms with E-state index in [1.54, 1.807) is 6.92 Å². The second-order valence-electron chi connectivity index (χ2n) is 21.1. The van der Waals surface area contributed by atoms with Gasteiger partial charge in [-0.2, -0.15) is 19.1 Å². The summed E-state index contributed by atoms with van der Waals surface area (Å²) in [6.07, 6.45) is 7.38. The maximum atomic E-state index is 4.93. The molecule has 0 spiro atoms. The van der Waals surface area contributed by atoms with Crippen LogP contribution in [0.1, 0.15) is 174 Å². The molecule has 6 rings (SSSR count). The van der Waals surface area contributed by atoms with Gasteiger partial charge in [-0.05, 0) is 67.9 Å². The fourth-order valence-corrected chi connectivity index (χ4v) is 7.86. The van der Waals surface area contributed by atoms with Crippen molar-refractivity contribution in [2.24, 2.45) is 0 Å². The number of unbranched alkanes of at least 4 members (excludes halogenated alkanes) is 2. The normalized spacial score (nSPS) is 12.0. The minimum absolute atomic E-state index is 0.137. The van der Waals surface area contributed by atoms with Crippen molar-refractivity contribution in [1.29, 1.82) is 0 Å². The van der Waals surface area contributed by atoms with Crippen LogP contribution in [-0.4, -0.2) is 0 Å². The average Bonchev–Trinajstić information content (AvgIpc) is 3.82. The van der Waals surface area contributed by atoms with Crippen molar-refractivity contribution < 1.29 is 20.8 Å². The zero-order valence-electron chi connectivity index (χ0n) is 41.3. The average molecular weight is 938 g/mol. The predicted octanol–water partition coefficient (Wildman–Crippen LogP) is 19.2. The standard InChI is InChI=1S/2C28H37.C2H5.2ClH.Zr/c2*1-9-10-11-20-14-25-19(2)12-13-24(26(25)15-20)21-16-22(27(3,4)5)18-23(17-21)28(6,7)8;1-2;;;/h2*12-18H,9-11H2,1-8H3;1H2,2H3;2*1H;/q3*-1;;;+2/p-2. The van der Waals surface area contributed by atoms with E-state index < -0.39 is 20.8 Å². The van der Waals surface area contributed by atoms with Gasteiger partial charge >= 0.3 is 37.9 Å². The molecule has 0 fully saturated rings. The number of aryl methyl sites for hydroxylation is 4. The third-order valence-corrected chi connectivity index (χ3v) is 11.9. The molecule has 0 saturated carbocycles. The van der Waals surface area contributed by atoms with Gasteiger partial charge in [-0.1, -0.05) is 196 Å². The van der Waals surface area contributed by atoms with E-state index in [9.17, 15) is 0 Å². The molecular weight excluding hydrogens is 859 g/mol. The van der Waals surface area contributed by atoms with Crippen LogP contribution < -0.4 is 0 Å². The number of hydrogen-bond donors (Lipinski definition) is 0. The fraction of sp³-hybridized carbons (Fsp3) is 0.466. The molecule has 0 atom stereocenters. The first-order chi connectivity index (χ1) is 28.4. The van der Waals surface area contributed by atoms with Crippen molar-refractivity contribution in [3.63, 3.8) is 0 Å². The van der Waals surface area contributed by atoms with Crippen LogP contribution in [-0.2, 0) is 55.3 Å². The maximum absolute atomic E-state index is 4.93. The Hall–Kier alpha value is -2.44. The van der Waals surface area contributed by atoms with Gasteiger partial charge in [0.05, 0.1) is 0 Å². The summed E-state index contributed by atoms with van der Waals surface area (Å²) in [5.41, 5.74) is 17.4. The molecule has 0 aliphatic carbocycles. The van der Waals surface area contributed by atoms with Crippen LogP contribution in [0.2, 0.25) is 0 Å². The Bertz CT molecular complexity index is 2070. The van der Waals surface area contributed by atoms with Gasteiger partial charge in [0.1, 0.15) is 0 Å². The van der Waals surface area contributed by atoms with Crippen LogP contribution in [0.4, 0.5) is 0 Å². The minimum atomic E-state index is -0.826. The van der Waals surface area contributed by atoms with Gasteiger partial charge in [0.15, 0.2) is 0 Å². The van der Waals surface area contributed by atoms with Crippen molar-refractivity contribution in [2.45, 2.75) is 178 Å². The van der Waals surface area contributed by atoms with E-state index in [1.165, 1.54) is 127 Å². The van der Waals surface area contributed by atoms with Gasteiger partial charge in [0.2, 0.25) is 0 Å². The SMILES string of the molecule is CCCCc1cc2c(-c3cc(C(C)(C)C)cc(C(C)(C)C)c3)ccc(C)c2[cH-]1.CCCCc1cc2c(-c3cc(C(C)(C)C)cc(C(C)(C)C)c3)ccc(C)c2[cH-]1.[CH2-]C.[Cl][Zr][Cl]. The van der Waals surface area contributed by atoms with E-state index in [0.717, 1.165) is 0 Å². The fourth-order valence-electron chi connectivity index (χ4n) is 7.86. The van der Waals surface area contributed by atoms with Crippen molar-refractivity contribution in [3.8, 4) is 22.3 Å². The molecule has 0 radical (unpaired) electrons. The van der Waals surface area contributed by atoms with E-state index in [-0.39, 0.29) is 21.7 Å². The second kappa shape index (κ2) is 22.5. The molecule has 0 aromatic heterocycles. The Labute approximate surface area is 393 Å². The summed E-state index contributed by atoms with van der Waals surface area (Å²) in [5, 5.41) is 5.66. The van der Waals surface area contributed by atoms with E-state index in [1.807, 2.05) is 0 Å². The molecule has 0 amide bonds. The Morgan fingerprint density at radius 1 is 0.475 bits per heavy atom. The molecule has 0 aliphatic heterocycles. The molecule has 6 aromatic rings. The van der Waals surface area contributed by atoms with Gasteiger partial charge in [-0.25, -0.2) is 0 Å². The van der Waals surface area contributed by atoms with Crippen molar-refractivity contribution in [1.82, 2.24) is 0 Å². The van der Waals surface area contributed by atoms with E-state index in [0.29, 0.717) is 0 Å². The van der Waals surface area contributed by atoms with Crippen molar-refractivity contribution >= 4 is 38.6 Å². The van der Waals surface area contributed by atoms with E-state index >= 15 is 0 Å². The van der Waals surface area contributed by atoms with Gasteiger partial charge in [-0.3, -0.25) is 0 Å². The molecule has 0 unspecified atom stereocenters. The predicted molar refractivity (Wildman–Crippen MR) is 274 cm³/mol. The topological polar surface area (TPSA) is 0 Å². The van der Waals surface area contributed by atoms with Crippen LogP contribution in [0.15, 0.2) is 84.9 Å². The van der Waals surface area contributed by atoms with Crippen LogP contribution in [0, 0.1) is 20.8 Å².